The number of sulfone groups is 1. The smallest absolute Gasteiger partial charge is 0.239 e. The average Bonchev–Trinajstić information content (AvgIpc) is 2.68. The van der Waals surface area contributed by atoms with Crippen LogP contribution >= 0.6 is 0 Å². The minimum absolute atomic E-state index is 0.0406. The van der Waals surface area contributed by atoms with Gasteiger partial charge in [-0.3, -0.25) is 4.79 Å². The standard InChI is InChI=1S/C11H22N2O4S/c1-3-10(12)11(14)13(5-6-17-2)9-4-7-18(15,16)8-9/h9-10H,3-8,12H2,1-2H3. The Balaban J connectivity index is 2.75. The summed E-state index contributed by atoms with van der Waals surface area (Å²) < 4.78 is 27.9. The molecule has 2 atom stereocenters. The van der Waals surface area contributed by atoms with E-state index in [4.69, 9.17) is 10.5 Å². The van der Waals surface area contributed by atoms with E-state index in [1.165, 1.54) is 0 Å². The highest BCUT2D eigenvalue weighted by Crippen LogP contribution is 2.18. The summed E-state index contributed by atoms with van der Waals surface area (Å²) in [6, 6.07) is -0.819. The summed E-state index contributed by atoms with van der Waals surface area (Å²) >= 11 is 0. The minimum Gasteiger partial charge on any atom is -0.383 e. The molecule has 0 aliphatic carbocycles. The number of carbonyl (C=O) groups is 1. The lowest BCUT2D eigenvalue weighted by Gasteiger charge is -2.30. The van der Waals surface area contributed by atoms with Crippen LogP contribution in [0.5, 0.6) is 0 Å². The molecule has 0 aromatic rings. The first-order valence-corrected chi connectivity index (χ1v) is 7.98. The van der Waals surface area contributed by atoms with Gasteiger partial charge in [-0.25, -0.2) is 8.42 Å². The Morgan fingerprint density at radius 2 is 2.22 bits per heavy atom. The fraction of sp³-hybridized carbons (Fsp3) is 0.909. The minimum atomic E-state index is -3.01. The molecule has 0 bridgehead atoms. The van der Waals surface area contributed by atoms with Crippen molar-refractivity contribution >= 4 is 15.7 Å². The Morgan fingerprint density at radius 1 is 1.56 bits per heavy atom. The maximum Gasteiger partial charge on any atom is 0.239 e. The van der Waals surface area contributed by atoms with Crippen LogP contribution < -0.4 is 5.73 Å². The van der Waals surface area contributed by atoms with Crippen molar-refractivity contribution in [1.82, 2.24) is 4.90 Å². The van der Waals surface area contributed by atoms with Crippen molar-refractivity contribution in [3.05, 3.63) is 0 Å². The van der Waals surface area contributed by atoms with Gasteiger partial charge >= 0.3 is 0 Å². The van der Waals surface area contributed by atoms with Crippen LogP contribution in [0.4, 0.5) is 0 Å². The monoisotopic (exact) mass is 278 g/mol. The molecule has 1 saturated heterocycles. The van der Waals surface area contributed by atoms with E-state index in [9.17, 15) is 13.2 Å². The van der Waals surface area contributed by atoms with Crippen LogP contribution in [-0.4, -0.2) is 63.1 Å². The van der Waals surface area contributed by atoms with Gasteiger partial charge in [0.25, 0.3) is 0 Å². The molecule has 1 fully saturated rings. The fourth-order valence-electron chi connectivity index (χ4n) is 2.07. The first kappa shape index (κ1) is 15.4. The Hall–Kier alpha value is -0.660. The maximum absolute atomic E-state index is 12.1. The summed E-state index contributed by atoms with van der Waals surface area (Å²) in [5.41, 5.74) is 5.74. The van der Waals surface area contributed by atoms with Gasteiger partial charge in [0.1, 0.15) is 0 Å². The summed E-state index contributed by atoms with van der Waals surface area (Å²) in [7, 11) is -1.46. The van der Waals surface area contributed by atoms with Crippen LogP contribution in [0, 0.1) is 0 Å². The highest BCUT2D eigenvalue weighted by atomic mass is 32.2. The number of carbonyl (C=O) groups excluding carboxylic acids is 1. The van der Waals surface area contributed by atoms with E-state index in [1.807, 2.05) is 6.92 Å². The van der Waals surface area contributed by atoms with Crippen LogP contribution in [0.1, 0.15) is 19.8 Å². The summed E-state index contributed by atoms with van der Waals surface area (Å²) in [5.74, 6) is 0.00551. The molecule has 2 unspecified atom stereocenters. The lowest BCUT2D eigenvalue weighted by Crippen LogP contribution is -2.50. The number of methoxy groups -OCH3 is 1. The van der Waals surface area contributed by atoms with E-state index in [2.05, 4.69) is 0 Å². The zero-order chi connectivity index (χ0) is 13.8. The van der Waals surface area contributed by atoms with E-state index in [1.54, 1.807) is 12.0 Å². The summed E-state index contributed by atoms with van der Waals surface area (Å²) in [6.07, 6.45) is 1.04. The summed E-state index contributed by atoms with van der Waals surface area (Å²) in [6.45, 7) is 2.62. The number of nitrogens with two attached hydrogens (primary N) is 1. The average molecular weight is 278 g/mol. The molecule has 0 radical (unpaired) electrons. The third kappa shape index (κ3) is 3.93. The van der Waals surface area contributed by atoms with Gasteiger partial charge in [-0.05, 0) is 12.8 Å². The third-order valence-electron chi connectivity index (χ3n) is 3.23. The zero-order valence-electron chi connectivity index (χ0n) is 11.0. The van der Waals surface area contributed by atoms with Crippen molar-refractivity contribution < 1.29 is 17.9 Å². The topological polar surface area (TPSA) is 89.7 Å². The Kier molecular flexibility index (Phi) is 5.55. The number of amides is 1. The summed E-state index contributed by atoms with van der Waals surface area (Å²) in [4.78, 5) is 13.7. The second kappa shape index (κ2) is 6.49. The van der Waals surface area contributed by atoms with Gasteiger partial charge in [0, 0.05) is 19.7 Å². The third-order valence-corrected chi connectivity index (χ3v) is 4.98. The molecule has 106 valence electrons. The number of nitrogens with zero attached hydrogens (tertiary/aromatic N) is 1. The van der Waals surface area contributed by atoms with Crippen LogP contribution in [0.3, 0.4) is 0 Å². The quantitative estimate of drug-likeness (QED) is 0.700. The zero-order valence-corrected chi connectivity index (χ0v) is 11.8. The molecule has 1 heterocycles. The molecule has 6 nitrogen and oxygen atoms in total. The van der Waals surface area contributed by atoms with E-state index >= 15 is 0 Å². The molecule has 7 heteroatoms. The van der Waals surface area contributed by atoms with Crippen LogP contribution in [-0.2, 0) is 19.4 Å². The molecule has 0 saturated carbocycles. The van der Waals surface area contributed by atoms with Gasteiger partial charge in [0.2, 0.25) is 5.91 Å². The van der Waals surface area contributed by atoms with Gasteiger partial charge in [0.15, 0.2) is 9.84 Å². The molecule has 1 aliphatic rings. The van der Waals surface area contributed by atoms with Gasteiger partial charge in [0.05, 0.1) is 24.2 Å². The molecule has 1 amide bonds. The van der Waals surface area contributed by atoms with Gasteiger partial charge in [-0.1, -0.05) is 6.92 Å². The Labute approximate surface area is 108 Å². The van der Waals surface area contributed by atoms with Crippen molar-refractivity contribution in [3.63, 3.8) is 0 Å². The predicted octanol–water partition coefficient (Wildman–Crippen LogP) is -0.614. The van der Waals surface area contributed by atoms with E-state index in [-0.39, 0.29) is 23.5 Å². The molecule has 1 aliphatic heterocycles. The first-order chi connectivity index (χ1) is 8.41. The normalized spacial score (nSPS) is 23.8. The fourth-order valence-corrected chi connectivity index (χ4v) is 3.80. The highest BCUT2D eigenvalue weighted by molar-refractivity contribution is 7.91. The van der Waals surface area contributed by atoms with Crippen LogP contribution in [0.25, 0.3) is 0 Å². The molecule has 0 spiro atoms. The van der Waals surface area contributed by atoms with Gasteiger partial charge < -0.3 is 15.4 Å². The van der Waals surface area contributed by atoms with E-state index in [0.29, 0.717) is 26.0 Å². The summed E-state index contributed by atoms with van der Waals surface area (Å²) in [5, 5.41) is 0. The largest absolute Gasteiger partial charge is 0.383 e. The lowest BCUT2D eigenvalue weighted by atomic mass is 10.1. The maximum atomic E-state index is 12.1. The van der Waals surface area contributed by atoms with Crippen molar-refractivity contribution in [2.75, 3.05) is 31.8 Å². The van der Waals surface area contributed by atoms with Gasteiger partial charge in [-0.2, -0.15) is 0 Å². The number of rotatable bonds is 6. The first-order valence-electron chi connectivity index (χ1n) is 6.16. The molecule has 18 heavy (non-hydrogen) atoms. The lowest BCUT2D eigenvalue weighted by molar-refractivity contribution is -0.135. The molecule has 0 aromatic heterocycles. The second-order valence-corrected chi connectivity index (χ2v) is 6.82. The van der Waals surface area contributed by atoms with E-state index < -0.39 is 15.9 Å². The van der Waals surface area contributed by atoms with Crippen molar-refractivity contribution in [2.24, 2.45) is 5.73 Å². The highest BCUT2D eigenvalue weighted by Gasteiger charge is 2.35. The SMILES string of the molecule is CCC(N)C(=O)N(CCOC)C1CCS(=O)(=O)C1. The molecule has 0 aromatic carbocycles. The Bertz CT molecular complexity index is 383. The van der Waals surface area contributed by atoms with Gasteiger partial charge in [-0.15, -0.1) is 0 Å². The molecular formula is C11H22N2O4S. The molecule has 1 rings (SSSR count). The van der Waals surface area contributed by atoms with Crippen molar-refractivity contribution in [2.45, 2.75) is 31.8 Å². The Morgan fingerprint density at radius 3 is 2.67 bits per heavy atom. The number of hydrogen-bond acceptors (Lipinski definition) is 5. The van der Waals surface area contributed by atoms with Crippen molar-refractivity contribution in [1.29, 1.82) is 0 Å². The second-order valence-electron chi connectivity index (χ2n) is 4.60. The van der Waals surface area contributed by atoms with Crippen molar-refractivity contribution in [3.8, 4) is 0 Å². The number of hydrogen-bond donors (Lipinski definition) is 1. The number of ether oxygens (including phenoxy) is 1. The molecular weight excluding hydrogens is 256 g/mol. The van der Waals surface area contributed by atoms with Crippen LogP contribution in [0.2, 0.25) is 0 Å². The predicted molar refractivity (Wildman–Crippen MR) is 68.9 cm³/mol. The molecule has 2 N–H and O–H groups in total. The van der Waals surface area contributed by atoms with Crippen LogP contribution in [0.15, 0.2) is 0 Å². The van der Waals surface area contributed by atoms with E-state index in [0.717, 1.165) is 0 Å².